The zero-order valence-corrected chi connectivity index (χ0v) is 20.1. The minimum absolute atomic E-state index is 0.0278. The number of carbonyl (C=O) groups is 1. The molecule has 0 radical (unpaired) electrons. The average molecular weight is 460 g/mol. The smallest absolute Gasteiger partial charge is 0.274 e. The van der Waals surface area contributed by atoms with Gasteiger partial charge in [0, 0.05) is 29.4 Å². The average Bonchev–Trinajstić information content (AvgIpc) is 3.22. The Balaban J connectivity index is 1.44. The van der Waals surface area contributed by atoms with E-state index >= 15 is 0 Å². The van der Waals surface area contributed by atoms with Crippen LogP contribution in [0.4, 0.5) is 5.69 Å². The molecule has 8 nitrogen and oxygen atoms in total. The summed E-state index contributed by atoms with van der Waals surface area (Å²) in [6, 6.07) is 16.3. The van der Waals surface area contributed by atoms with E-state index in [0.29, 0.717) is 28.5 Å². The topological polar surface area (TPSA) is 90.5 Å². The van der Waals surface area contributed by atoms with Gasteiger partial charge >= 0.3 is 0 Å². The lowest BCUT2D eigenvalue weighted by atomic mass is 9.87. The van der Waals surface area contributed by atoms with Gasteiger partial charge in [-0.05, 0) is 49.1 Å². The Hall–Kier alpha value is -3.94. The fourth-order valence-electron chi connectivity index (χ4n) is 3.56. The van der Waals surface area contributed by atoms with Gasteiger partial charge in [-0.1, -0.05) is 39.0 Å². The standard InChI is InChI=1S/C26H29N5O3/c1-17(2)30-16-27-25-29-21(14-23(32)31(25)30)15-34-22-8-6-7-20(13-22)28-24(33)18-9-11-19(12-10-18)26(3,4)5/h6-14,16-17H,15H2,1-5H3,(H,28,33). The quantitative estimate of drug-likeness (QED) is 0.455. The summed E-state index contributed by atoms with van der Waals surface area (Å²) in [5.41, 5.74) is 2.65. The van der Waals surface area contributed by atoms with Crippen molar-refractivity contribution in [3.05, 3.63) is 88.1 Å². The van der Waals surface area contributed by atoms with Gasteiger partial charge in [0.2, 0.25) is 0 Å². The van der Waals surface area contributed by atoms with Crippen molar-refractivity contribution >= 4 is 17.4 Å². The third kappa shape index (κ3) is 5.01. The van der Waals surface area contributed by atoms with Crippen LogP contribution in [0.1, 0.15) is 62.3 Å². The van der Waals surface area contributed by atoms with Gasteiger partial charge in [-0.25, -0.2) is 4.98 Å². The largest absolute Gasteiger partial charge is 0.487 e. The van der Waals surface area contributed by atoms with E-state index in [9.17, 15) is 9.59 Å². The molecule has 1 amide bonds. The summed E-state index contributed by atoms with van der Waals surface area (Å²) >= 11 is 0. The first-order chi connectivity index (χ1) is 16.1. The Morgan fingerprint density at radius 3 is 2.50 bits per heavy atom. The van der Waals surface area contributed by atoms with Crippen molar-refractivity contribution in [1.82, 2.24) is 19.2 Å². The minimum Gasteiger partial charge on any atom is -0.487 e. The molecule has 0 fully saturated rings. The monoisotopic (exact) mass is 459 g/mol. The molecule has 0 spiro atoms. The Morgan fingerprint density at radius 1 is 1.09 bits per heavy atom. The fraction of sp³-hybridized carbons (Fsp3) is 0.308. The molecule has 4 aromatic rings. The van der Waals surface area contributed by atoms with E-state index in [2.05, 4.69) is 36.1 Å². The number of anilines is 1. The molecule has 0 bridgehead atoms. The lowest BCUT2D eigenvalue weighted by molar-refractivity contribution is 0.102. The molecule has 0 unspecified atom stereocenters. The summed E-state index contributed by atoms with van der Waals surface area (Å²) in [6.45, 7) is 10.4. The van der Waals surface area contributed by atoms with Crippen LogP contribution in [0.15, 0.2) is 65.7 Å². The second-order valence-corrected chi connectivity index (χ2v) is 9.51. The number of amides is 1. The maximum atomic E-state index is 12.7. The van der Waals surface area contributed by atoms with Gasteiger partial charge in [0.05, 0.1) is 5.69 Å². The van der Waals surface area contributed by atoms with Gasteiger partial charge in [-0.15, -0.1) is 0 Å². The van der Waals surface area contributed by atoms with Gasteiger partial charge in [-0.2, -0.15) is 9.50 Å². The van der Waals surface area contributed by atoms with Crippen molar-refractivity contribution in [3.63, 3.8) is 0 Å². The number of benzene rings is 2. The number of carbonyl (C=O) groups excluding carboxylic acids is 1. The molecule has 0 saturated carbocycles. The third-order valence-corrected chi connectivity index (χ3v) is 5.48. The van der Waals surface area contributed by atoms with Crippen molar-refractivity contribution in [1.29, 1.82) is 0 Å². The van der Waals surface area contributed by atoms with E-state index in [4.69, 9.17) is 4.74 Å². The van der Waals surface area contributed by atoms with Crippen LogP contribution in [0, 0.1) is 0 Å². The summed E-state index contributed by atoms with van der Waals surface area (Å²) in [7, 11) is 0. The summed E-state index contributed by atoms with van der Waals surface area (Å²) in [6.07, 6.45) is 1.60. The van der Waals surface area contributed by atoms with Crippen molar-refractivity contribution in [2.24, 2.45) is 0 Å². The Kier molecular flexibility index (Phi) is 6.24. The molecule has 2 aromatic carbocycles. The van der Waals surface area contributed by atoms with E-state index in [1.807, 2.05) is 38.1 Å². The van der Waals surface area contributed by atoms with E-state index in [1.54, 1.807) is 35.3 Å². The second kappa shape index (κ2) is 9.13. The van der Waals surface area contributed by atoms with Crippen LogP contribution in [0.25, 0.3) is 5.78 Å². The molecule has 8 heteroatoms. The maximum Gasteiger partial charge on any atom is 0.274 e. The second-order valence-electron chi connectivity index (χ2n) is 9.51. The first-order valence-corrected chi connectivity index (χ1v) is 11.2. The Labute approximate surface area is 198 Å². The van der Waals surface area contributed by atoms with Crippen LogP contribution in [-0.4, -0.2) is 25.1 Å². The third-order valence-electron chi connectivity index (χ3n) is 5.48. The van der Waals surface area contributed by atoms with Gasteiger partial charge in [-0.3, -0.25) is 14.3 Å². The van der Waals surface area contributed by atoms with Gasteiger partial charge in [0.25, 0.3) is 17.2 Å². The predicted molar refractivity (Wildman–Crippen MR) is 132 cm³/mol. The number of fused-ring (bicyclic) bond motifs is 1. The number of aromatic nitrogens is 4. The predicted octanol–water partition coefficient (Wildman–Crippen LogP) is 4.60. The first kappa shape index (κ1) is 23.2. The van der Waals surface area contributed by atoms with Crippen LogP contribution in [0.5, 0.6) is 5.75 Å². The molecular formula is C26H29N5O3. The highest BCUT2D eigenvalue weighted by Crippen LogP contribution is 2.23. The highest BCUT2D eigenvalue weighted by molar-refractivity contribution is 6.04. The van der Waals surface area contributed by atoms with Gasteiger partial charge in [0.1, 0.15) is 18.7 Å². The van der Waals surface area contributed by atoms with E-state index < -0.39 is 0 Å². The highest BCUT2D eigenvalue weighted by Gasteiger charge is 2.15. The van der Waals surface area contributed by atoms with Crippen LogP contribution in [0.2, 0.25) is 0 Å². The molecular weight excluding hydrogens is 430 g/mol. The molecule has 2 aromatic heterocycles. The van der Waals surface area contributed by atoms with Crippen molar-refractivity contribution < 1.29 is 9.53 Å². The van der Waals surface area contributed by atoms with Crippen LogP contribution < -0.4 is 15.6 Å². The van der Waals surface area contributed by atoms with E-state index in [0.717, 1.165) is 0 Å². The van der Waals surface area contributed by atoms with Gasteiger partial charge < -0.3 is 10.1 Å². The minimum atomic E-state index is -0.215. The highest BCUT2D eigenvalue weighted by atomic mass is 16.5. The van der Waals surface area contributed by atoms with E-state index in [-0.39, 0.29) is 29.5 Å². The number of rotatable bonds is 6. The number of nitrogens with one attached hydrogen (secondary N) is 1. The molecule has 176 valence electrons. The molecule has 0 saturated heterocycles. The lowest BCUT2D eigenvalue weighted by Crippen LogP contribution is -2.23. The zero-order chi connectivity index (χ0) is 24.5. The van der Waals surface area contributed by atoms with Crippen molar-refractivity contribution in [2.45, 2.75) is 52.7 Å². The molecule has 2 heterocycles. The number of hydrogen-bond acceptors (Lipinski definition) is 5. The number of ether oxygens (including phenoxy) is 1. The molecule has 34 heavy (non-hydrogen) atoms. The molecule has 0 aliphatic carbocycles. The van der Waals surface area contributed by atoms with Crippen molar-refractivity contribution in [2.75, 3.05) is 5.32 Å². The molecule has 0 atom stereocenters. The number of nitrogens with zero attached hydrogens (tertiary/aromatic N) is 4. The first-order valence-electron chi connectivity index (χ1n) is 11.2. The van der Waals surface area contributed by atoms with Crippen molar-refractivity contribution in [3.8, 4) is 5.75 Å². The van der Waals surface area contributed by atoms with Gasteiger partial charge in [0.15, 0.2) is 0 Å². The van der Waals surface area contributed by atoms with Crippen LogP contribution in [0.3, 0.4) is 0 Å². The SMILES string of the molecule is CC(C)n1cnc2nc(COc3cccc(NC(=O)c4ccc(C(C)(C)C)cc4)c3)cc(=O)n21. The molecule has 1 N–H and O–H groups in total. The summed E-state index contributed by atoms with van der Waals surface area (Å²) in [5, 5.41) is 2.90. The fourth-order valence-corrected chi connectivity index (χ4v) is 3.56. The van der Waals surface area contributed by atoms with E-state index in [1.165, 1.54) is 16.1 Å². The summed E-state index contributed by atoms with van der Waals surface area (Å²) in [5.74, 6) is 0.687. The maximum absolute atomic E-state index is 12.7. The Bertz CT molecular complexity index is 1380. The van der Waals surface area contributed by atoms with Crippen LogP contribution in [-0.2, 0) is 12.0 Å². The molecule has 0 aliphatic heterocycles. The summed E-state index contributed by atoms with van der Waals surface area (Å²) in [4.78, 5) is 33.9. The number of hydrogen-bond donors (Lipinski definition) is 1. The lowest BCUT2D eigenvalue weighted by Gasteiger charge is -2.19. The normalized spacial score (nSPS) is 11.7. The molecule has 0 aliphatic rings. The zero-order valence-electron chi connectivity index (χ0n) is 20.1. The Morgan fingerprint density at radius 2 is 1.82 bits per heavy atom. The van der Waals surface area contributed by atoms with Crippen LogP contribution >= 0.6 is 0 Å². The molecule has 4 rings (SSSR count). The summed E-state index contributed by atoms with van der Waals surface area (Å²) < 4.78 is 9.01.